The van der Waals surface area contributed by atoms with E-state index >= 15 is 0 Å². The fourth-order valence-corrected chi connectivity index (χ4v) is 3.52. The molecule has 1 heteroatoms. The molecule has 1 aliphatic rings. The number of alkyl halides is 1. The molecule has 14 heavy (non-hydrogen) atoms. The zero-order chi connectivity index (χ0) is 10.3. The number of halogens is 1. The third-order valence-electron chi connectivity index (χ3n) is 3.76. The van der Waals surface area contributed by atoms with Gasteiger partial charge in [0.05, 0.1) is 0 Å². The summed E-state index contributed by atoms with van der Waals surface area (Å²) in [4.78, 5) is 0. The van der Waals surface area contributed by atoms with E-state index < -0.39 is 0 Å². The third-order valence-corrected chi connectivity index (χ3v) is 4.95. The molecule has 0 atom stereocenters. The highest BCUT2D eigenvalue weighted by molar-refractivity contribution is 9.09. The van der Waals surface area contributed by atoms with E-state index in [9.17, 15) is 0 Å². The maximum Gasteiger partial charge on any atom is 0.00879 e. The van der Waals surface area contributed by atoms with Crippen LogP contribution >= 0.6 is 15.9 Å². The topological polar surface area (TPSA) is 0 Å². The predicted octanol–water partition coefficient (Wildman–Crippen LogP) is 5.30. The summed E-state index contributed by atoms with van der Waals surface area (Å²) in [5.74, 6) is 0. The van der Waals surface area contributed by atoms with Crippen LogP contribution in [0.1, 0.15) is 71.1 Å². The van der Waals surface area contributed by atoms with Crippen molar-refractivity contribution in [2.24, 2.45) is 5.41 Å². The van der Waals surface area contributed by atoms with Crippen LogP contribution in [0.15, 0.2) is 0 Å². The Bertz CT molecular complexity index is 136. The summed E-state index contributed by atoms with van der Waals surface area (Å²) in [6.07, 6.45) is 14.5. The van der Waals surface area contributed by atoms with Gasteiger partial charge in [-0.05, 0) is 24.7 Å². The van der Waals surface area contributed by atoms with Gasteiger partial charge in [-0.25, -0.2) is 0 Å². The van der Waals surface area contributed by atoms with Crippen molar-refractivity contribution in [1.29, 1.82) is 0 Å². The normalized spacial score (nSPS) is 21.0. The summed E-state index contributed by atoms with van der Waals surface area (Å²) in [6, 6.07) is 0. The average Bonchev–Trinajstić information content (AvgIpc) is 2.26. The molecular weight excluding hydrogens is 236 g/mol. The molecule has 0 spiro atoms. The second kappa shape index (κ2) is 6.87. The SMILES string of the molecule is CCCCCCC1(CBr)CCCCC1. The fourth-order valence-electron chi connectivity index (χ4n) is 2.68. The Morgan fingerprint density at radius 1 is 1.00 bits per heavy atom. The molecule has 1 saturated carbocycles. The molecule has 0 heterocycles. The Morgan fingerprint density at radius 2 is 1.71 bits per heavy atom. The van der Waals surface area contributed by atoms with Crippen LogP contribution in [0.4, 0.5) is 0 Å². The van der Waals surface area contributed by atoms with E-state index in [2.05, 4.69) is 22.9 Å². The lowest BCUT2D eigenvalue weighted by atomic mass is 9.72. The van der Waals surface area contributed by atoms with Crippen LogP contribution in [-0.4, -0.2) is 5.33 Å². The molecule has 0 aromatic heterocycles. The molecule has 1 aliphatic carbocycles. The predicted molar refractivity (Wildman–Crippen MR) is 68.1 cm³/mol. The molecule has 1 fully saturated rings. The fraction of sp³-hybridized carbons (Fsp3) is 1.00. The highest BCUT2D eigenvalue weighted by atomic mass is 79.9. The van der Waals surface area contributed by atoms with Crippen molar-refractivity contribution in [3.8, 4) is 0 Å². The van der Waals surface area contributed by atoms with Crippen molar-refractivity contribution in [2.45, 2.75) is 71.1 Å². The van der Waals surface area contributed by atoms with Gasteiger partial charge < -0.3 is 0 Å². The van der Waals surface area contributed by atoms with Crippen molar-refractivity contribution < 1.29 is 0 Å². The Hall–Kier alpha value is 0.480. The summed E-state index contributed by atoms with van der Waals surface area (Å²) in [7, 11) is 0. The monoisotopic (exact) mass is 260 g/mol. The van der Waals surface area contributed by atoms with Crippen molar-refractivity contribution in [1.82, 2.24) is 0 Å². The number of rotatable bonds is 6. The van der Waals surface area contributed by atoms with Crippen LogP contribution in [0.3, 0.4) is 0 Å². The molecule has 0 saturated heterocycles. The zero-order valence-electron chi connectivity index (χ0n) is 9.66. The molecule has 0 radical (unpaired) electrons. The summed E-state index contributed by atoms with van der Waals surface area (Å²) in [5, 5.41) is 1.24. The van der Waals surface area contributed by atoms with Crippen molar-refractivity contribution in [3.05, 3.63) is 0 Å². The van der Waals surface area contributed by atoms with Crippen molar-refractivity contribution in [2.75, 3.05) is 5.33 Å². The highest BCUT2D eigenvalue weighted by Crippen LogP contribution is 2.41. The van der Waals surface area contributed by atoms with Crippen LogP contribution in [0.5, 0.6) is 0 Å². The molecule has 0 unspecified atom stereocenters. The molecule has 84 valence electrons. The van der Waals surface area contributed by atoms with Gasteiger partial charge in [-0.15, -0.1) is 0 Å². The van der Waals surface area contributed by atoms with Gasteiger partial charge in [-0.2, -0.15) is 0 Å². The lowest BCUT2D eigenvalue weighted by Gasteiger charge is -2.36. The van der Waals surface area contributed by atoms with Crippen molar-refractivity contribution >= 4 is 15.9 Å². The molecule has 0 N–H and O–H groups in total. The summed E-state index contributed by atoms with van der Waals surface area (Å²) >= 11 is 3.74. The van der Waals surface area contributed by atoms with E-state index in [4.69, 9.17) is 0 Å². The van der Waals surface area contributed by atoms with Crippen LogP contribution in [0.25, 0.3) is 0 Å². The van der Waals surface area contributed by atoms with Gasteiger partial charge in [-0.1, -0.05) is 67.8 Å². The van der Waals surface area contributed by atoms with Gasteiger partial charge in [0.1, 0.15) is 0 Å². The average molecular weight is 261 g/mol. The van der Waals surface area contributed by atoms with Gasteiger partial charge in [-0.3, -0.25) is 0 Å². The standard InChI is InChI=1S/C13H25Br/c1-2-3-4-6-9-13(12-14)10-7-5-8-11-13/h2-12H2,1H3. The second-order valence-corrected chi connectivity index (χ2v) is 5.57. The Morgan fingerprint density at radius 3 is 2.29 bits per heavy atom. The first-order valence-corrected chi connectivity index (χ1v) is 7.51. The molecule has 0 amide bonds. The molecule has 0 aromatic carbocycles. The third kappa shape index (κ3) is 3.92. The van der Waals surface area contributed by atoms with E-state index in [1.807, 2.05) is 0 Å². The quantitative estimate of drug-likeness (QED) is 0.449. The minimum atomic E-state index is 0.686. The van der Waals surface area contributed by atoms with Gasteiger partial charge in [0.25, 0.3) is 0 Å². The lowest BCUT2D eigenvalue weighted by Crippen LogP contribution is -2.25. The minimum absolute atomic E-state index is 0.686. The van der Waals surface area contributed by atoms with E-state index in [0.717, 1.165) is 0 Å². The summed E-state index contributed by atoms with van der Waals surface area (Å²) in [5.41, 5.74) is 0.686. The van der Waals surface area contributed by atoms with E-state index in [0.29, 0.717) is 5.41 Å². The smallest absolute Gasteiger partial charge is 0.00879 e. The molecular formula is C13H25Br. The molecule has 1 rings (SSSR count). The zero-order valence-corrected chi connectivity index (χ0v) is 11.2. The largest absolute Gasteiger partial charge is 0.0922 e. The van der Waals surface area contributed by atoms with Gasteiger partial charge in [0.15, 0.2) is 0 Å². The summed E-state index contributed by atoms with van der Waals surface area (Å²) < 4.78 is 0. The maximum atomic E-state index is 3.74. The maximum absolute atomic E-state index is 3.74. The molecule has 0 aromatic rings. The van der Waals surface area contributed by atoms with E-state index in [1.165, 1.54) is 69.5 Å². The first kappa shape index (κ1) is 12.5. The van der Waals surface area contributed by atoms with Crippen LogP contribution in [0, 0.1) is 5.41 Å². The van der Waals surface area contributed by atoms with Crippen LogP contribution < -0.4 is 0 Å². The highest BCUT2D eigenvalue weighted by Gasteiger charge is 2.29. The second-order valence-electron chi connectivity index (χ2n) is 5.00. The number of hydrogen-bond acceptors (Lipinski definition) is 0. The number of hydrogen-bond donors (Lipinski definition) is 0. The Kier molecular flexibility index (Phi) is 6.16. The first-order valence-electron chi connectivity index (χ1n) is 6.39. The minimum Gasteiger partial charge on any atom is -0.0922 e. The van der Waals surface area contributed by atoms with Crippen LogP contribution in [0.2, 0.25) is 0 Å². The number of unbranched alkanes of at least 4 members (excludes halogenated alkanes) is 3. The van der Waals surface area contributed by atoms with E-state index in [1.54, 1.807) is 0 Å². The molecule has 0 bridgehead atoms. The van der Waals surface area contributed by atoms with Gasteiger partial charge >= 0.3 is 0 Å². The van der Waals surface area contributed by atoms with Crippen molar-refractivity contribution in [3.63, 3.8) is 0 Å². The lowest BCUT2D eigenvalue weighted by molar-refractivity contribution is 0.201. The molecule has 0 nitrogen and oxygen atoms in total. The first-order chi connectivity index (χ1) is 6.83. The van der Waals surface area contributed by atoms with Gasteiger partial charge in [0, 0.05) is 5.33 Å². The summed E-state index contributed by atoms with van der Waals surface area (Å²) in [6.45, 7) is 2.29. The Balaban J connectivity index is 2.22. The Labute approximate surface area is 98.0 Å². The van der Waals surface area contributed by atoms with Gasteiger partial charge in [0.2, 0.25) is 0 Å². The van der Waals surface area contributed by atoms with Crippen LogP contribution in [-0.2, 0) is 0 Å². The van der Waals surface area contributed by atoms with E-state index in [-0.39, 0.29) is 0 Å². The molecule has 0 aliphatic heterocycles.